The molecule has 0 aliphatic rings. The van der Waals surface area contributed by atoms with Crippen LogP contribution in [0.15, 0.2) is 78.4 Å². The Bertz CT molecular complexity index is 816. The lowest BCUT2D eigenvalue weighted by Crippen LogP contribution is -1.95. The van der Waals surface area contributed by atoms with Gasteiger partial charge in [0.1, 0.15) is 17.4 Å². The Morgan fingerprint density at radius 2 is 1.77 bits per heavy atom. The van der Waals surface area contributed by atoms with E-state index in [4.69, 9.17) is 9.84 Å². The average molecular weight is 369 g/mol. The van der Waals surface area contributed by atoms with Gasteiger partial charge in [-0.1, -0.05) is 48.5 Å². The molecule has 0 bridgehead atoms. The van der Waals surface area contributed by atoms with E-state index in [2.05, 4.69) is 21.9 Å². The minimum atomic E-state index is -0.998. The zero-order valence-electron chi connectivity index (χ0n) is 14.2. The van der Waals surface area contributed by atoms with Crippen LogP contribution in [0.3, 0.4) is 0 Å². The highest BCUT2D eigenvalue weighted by atomic mass is 32.1. The largest absolute Gasteiger partial charge is 0.504 e. The van der Waals surface area contributed by atoms with Gasteiger partial charge in [0, 0.05) is 10.9 Å². The first kappa shape index (κ1) is 19.2. The van der Waals surface area contributed by atoms with Crippen LogP contribution in [0.25, 0.3) is 10.6 Å². The van der Waals surface area contributed by atoms with Gasteiger partial charge in [-0.25, -0.2) is 9.78 Å². The van der Waals surface area contributed by atoms with Crippen LogP contribution in [-0.2, 0) is 16.1 Å². The van der Waals surface area contributed by atoms with Gasteiger partial charge < -0.3 is 14.6 Å². The Balaban J connectivity index is 0.000000298. The van der Waals surface area contributed by atoms with Gasteiger partial charge in [-0.15, -0.1) is 11.3 Å². The summed E-state index contributed by atoms with van der Waals surface area (Å²) in [7, 11) is 1.39. The molecule has 134 valence electrons. The highest BCUT2D eigenvalue weighted by molar-refractivity contribution is 7.13. The molecule has 26 heavy (non-hydrogen) atoms. The van der Waals surface area contributed by atoms with Crippen molar-refractivity contribution in [3.63, 3.8) is 0 Å². The number of hydrogen-bond acceptors (Lipinski definition) is 5. The number of rotatable bonds is 6. The topological polar surface area (TPSA) is 68.7 Å². The SMILES string of the molecule is COC=CC(=O)O.c1ccc(OCc2csc(-c3ccccc3)n2)cc1. The Morgan fingerprint density at radius 3 is 2.35 bits per heavy atom. The number of carboxylic acids is 1. The van der Waals surface area contributed by atoms with Gasteiger partial charge in [0.2, 0.25) is 0 Å². The fraction of sp³-hybridized carbons (Fsp3) is 0.100. The third-order valence-corrected chi connectivity index (χ3v) is 3.99. The maximum atomic E-state index is 9.59. The molecule has 0 atom stereocenters. The quantitative estimate of drug-likeness (QED) is 0.507. The van der Waals surface area contributed by atoms with Crippen LogP contribution < -0.4 is 4.74 Å². The summed E-state index contributed by atoms with van der Waals surface area (Å²) in [6.07, 6.45) is 2.02. The molecule has 0 amide bonds. The number of nitrogens with zero attached hydrogens (tertiary/aromatic N) is 1. The third-order valence-electron chi connectivity index (χ3n) is 3.05. The smallest absolute Gasteiger partial charge is 0.331 e. The maximum absolute atomic E-state index is 9.59. The molecule has 1 aromatic heterocycles. The molecule has 0 fully saturated rings. The zero-order valence-corrected chi connectivity index (χ0v) is 15.1. The lowest BCUT2D eigenvalue weighted by atomic mass is 10.2. The summed E-state index contributed by atoms with van der Waals surface area (Å²) in [5, 5.41) is 11.0. The summed E-state index contributed by atoms with van der Waals surface area (Å²) < 4.78 is 9.98. The summed E-state index contributed by atoms with van der Waals surface area (Å²) in [6, 6.07) is 20.0. The molecule has 0 aliphatic heterocycles. The number of thiazole rings is 1. The molecule has 3 rings (SSSR count). The number of carbonyl (C=O) groups is 1. The van der Waals surface area contributed by atoms with Crippen molar-refractivity contribution in [2.75, 3.05) is 7.11 Å². The highest BCUT2D eigenvalue weighted by Crippen LogP contribution is 2.23. The van der Waals surface area contributed by atoms with Crippen molar-refractivity contribution >= 4 is 17.3 Å². The number of methoxy groups -OCH3 is 1. The van der Waals surface area contributed by atoms with E-state index in [1.54, 1.807) is 11.3 Å². The van der Waals surface area contributed by atoms with Crippen LogP contribution in [0.1, 0.15) is 5.69 Å². The zero-order chi connectivity index (χ0) is 18.6. The van der Waals surface area contributed by atoms with Crippen molar-refractivity contribution in [3.05, 3.63) is 84.1 Å². The molecule has 0 aliphatic carbocycles. The molecule has 3 aromatic rings. The summed E-state index contributed by atoms with van der Waals surface area (Å²) in [6.45, 7) is 0.507. The van der Waals surface area contributed by atoms with E-state index in [0.29, 0.717) is 6.61 Å². The van der Waals surface area contributed by atoms with Crippen LogP contribution in [0, 0.1) is 0 Å². The van der Waals surface area contributed by atoms with Crippen LogP contribution in [-0.4, -0.2) is 23.2 Å². The molecule has 2 aromatic carbocycles. The number of aliphatic carboxylic acids is 1. The Hall–Kier alpha value is -3.12. The molecule has 1 heterocycles. The maximum Gasteiger partial charge on any atom is 0.331 e. The van der Waals surface area contributed by atoms with Gasteiger partial charge in [0.05, 0.1) is 25.1 Å². The number of para-hydroxylation sites is 1. The van der Waals surface area contributed by atoms with Crippen molar-refractivity contribution in [2.45, 2.75) is 6.61 Å². The predicted molar refractivity (Wildman–Crippen MR) is 102 cm³/mol. The van der Waals surface area contributed by atoms with Crippen molar-refractivity contribution < 1.29 is 19.4 Å². The van der Waals surface area contributed by atoms with Crippen molar-refractivity contribution in [1.82, 2.24) is 4.98 Å². The highest BCUT2D eigenvalue weighted by Gasteiger charge is 2.04. The number of aromatic nitrogens is 1. The lowest BCUT2D eigenvalue weighted by molar-refractivity contribution is -0.131. The van der Waals surface area contributed by atoms with E-state index >= 15 is 0 Å². The normalized spacial score (nSPS) is 10.0. The predicted octanol–water partition coefficient (Wildman–Crippen LogP) is 4.62. The van der Waals surface area contributed by atoms with Crippen LogP contribution in [0.5, 0.6) is 5.75 Å². The van der Waals surface area contributed by atoms with Gasteiger partial charge in [-0.3, -0.25) is 0 Å². The molecule has 0 radical (unpaired) electrons. The number of hydrogen-bond donors (Lipinski definition) is 1. The second kappa shape index (κ2) is 10.7. The Labute approximate surface area is 156 Å². The van der Waals surface area contributed by atoms with E-state index in [9.17, 15) is 4.79 Å². The minimum Gasteiger partial charge on any atom is -0.504 e. The van der Waals surface area contributed by atoms with E-state index in [-0.39, 0.29) is 0 Å². The number of carboxylic acid groups (broad SMARTS) is 1. The molecule has 0 spiro atoms. The molecular formula is C20H19NO4S. The molecule has 6 heteroatoms. The van der Waals surface area contributed by atoms with Gasteiger partial charge in [-0.05, 0) is 12.1 Å². The second-order valence-electron chi connectivity index (χ2n) is 4.99. The second-order valence-corrected chi connectivity index (χ2v) is 5.85. The molecule has 5 nitrogen and oxygen atoms in total. The van der Waals surface area contributed by atoms with E-state index < -0.39 is 5.97 Å². The molecule has 0 unspecified atom stereocenters. The monoisotopic (exact) mass is 369 g/mol. The summed E-state index contributed by atoms with van der Waals surface area (Å²) in [5.74, 6) is -0.126. The van der Waals surface area contributed by atoms with Crippen LogP contribution >= 0.6 is 11.3 Å². The summed E-state index contributed by atoms with van der Waals surface area (Å²) >= 11 is 1.65. The fourth-order valence-electron chi connectivity index (χ4n) is 1.89. The standard InChI is InChI=1S/C16H13NOS.C4H6O3/c1-3-7-13(8-4-1)16-17-14(12-19-16)11-18-15-9-5-2-6-10-15;1-7-3-2-4(5)6/h1-10,12H,11H2;2-3H,1H3,(H,5,6). The van der Waals surface area contributed by atoms with Gasteiger partial charge >= 0.3 is 5.97 Å². The fourth-order valence-corrected chi connectivity index (χ4v) is 2.70. The molecule has 0 saturated carbocycles. The Morgan fingerprint density at radius 1 is 1.12 bits per heavy atom. The van der Waals surface area contributed by atoms with E-state index in [0.717, 1.165) is 34.4 Å². The average Bonchev–Trinajstić information content (AvgIpc) is 3.16. The van der Waals surface area contributed by atoms with Gasteiger partial charge in [-0.2, -0.15) is 0 Å². The van der Waals surface area contributed by atoms with Gasteiger partial charge in [0.25, 0.3) is 0 Å². The first-order valence-electron chi connectivity index (χ1n) is 7.79. The van der Waals surface area contributed by atoms with Crippen LogP contribution in [0.2, 0.25) is 0 Å². The van der Waals surface area contributed by atoms with Crippen molar-refractivity contribution in [1.29, 1.82) is 0 Å². The van der Waals surface area contributed by atoms with Gasteiger partial charge in [0.15, 0.2) is 0 Å². The first-order valence-corrected chi connectivity index (χ1v) is 8.67. The first-order chi connectivity index (χ1) is 12.7. The minimum absolute atomic E-state index is 0.507. The molecule has 1 N–H and O–H groups in total. The number of ether oxygens (including phenoxy) is 2. The summed E-state index contributed by atoms with van der Waals surface area (Å²) in [5.41, 5.74) is 2.12. The lowest BCUT2D eigenvalue weighted by Gasteiger charge is -2.02. The van der Waals surface area contributed by atoms with Crippen LogP contribution in [0.4, 0.5) is 0 Å². The Kier molecular flexibility index (Phi) is 7.89. The van der Waals surface area contributed by atoms with Crippen molar-refractivity contribution in [3.8, 4) is 16.3 Å². The third kappa shape index (κ3) is 6.78. The van der Waals surface area contributed by atoms with E-state index in [1.807, 2.05) is 53.9 Å². The molecule has 0 saturated heterocycles. The summed E-state index contributed by atoms with van der Waals surface area (Å²) in [4.78, 5) is 14.2. The van der Waals surface area contributed by atoms with E-state index in [1.165, 1.54) is 7.11 Å². The number of benzene rings is 2. The van der Waals surface area contributed by atoms with Crippen molar-refractivity contribution in [2.24, 2.45) is 0 Å². The molecular weight excluding hydrogens is 350 g/mol.